The van der Waals surface area contributed by atoms with E-state index in [0.29, 0.717) is 17.5 Å². The number of anilines is 2. The lowest BCUT2D eigenvalue weighted by Gasteiger charge is -2.47. The average Bonchev–Trinajstić information content (AvgIpc) is 2.47. The summed E-state index contributed by atoms with van der Waals surface area (Å²) >= 11 is 0. The molecule has 1 aromatic heterocycles. The van der Waals surface area contributed by atoms with Crippen LogP contribution < -0.4 is 15.4 Å². The zero-order chi connectivity index (χ0) is 14.2. The van der Waals surface area contributed by atoms with Crippen LogP contribution in [0.25, 0.3) is 0 Å². The van der Waals surface area contributed by atoms with Gasteiger partial charge < -0.3 is 20.5 Å². The number of nitrogens with two attached hydrogens (primary N) is 1. The molecule has 3 N–H and O–H groups in total. The van der Waals surface area contributed by atoms with E-state index < -0.39 is 5.60 Å². The molecule has 5 heteroatoms. The smallest absolute Gasteiger partial charge is 0.238 e. The molecular weight excluding hydrogens is 254 g/mol. The molecule has 2 aliphatic rings. The molecule has 1 saturated heterocycles. The van der Waals surface area contributed by atoms with Gasteiger partial charge in [0.25, 0.3) is 0 Å². The van der Waals surface area contributed by atoms with Crippen molar-refractivity contribution in [1.82, 2.24) is 4.98 Å². The van der Waals surface area contributed by atoms with E-state index in [2.05, 4.69) is 9.88 Å². The number of methoxy groups -OCH3 is 1. The van der Waals surface area contributed by atoms with Crippen LogP contribution in [-0.4, -0.2) is 35.9 Å². The number of ether oxygens (including phenoxy) is 1. The zero-order valence-electron chi connectivity index (χ0n) is 12.0. The van der Waals surface area contributed by atoms with Crippen molar-refractivity contribution in [3.8, 4) is 5.88 Å². The number of aliphatic hydroxyl groups is 1. The highest BCUT2D eigenvalue weighted by atomic mass is 16.5. The van der Waals surface area contributed by atoms with E-state index in [1.54, 1.807) is 7.11 Å². The first-order chi connectivity index (χ1) is 9.62. The Hall–Kier alpha value is -1.49. The highest BCUT2D eigenvalue weighted by molar-refractivity contribution is 5.54. The van der Waals surface area contributed by atoms with Crippen LogP contribution in [0.3, 0.4) is 0 Å². The van der Waals surface area contributed by atoms with Gasteiger partial charge in [-0.3, -0.25) is 0 Å². The summed E-state index contributed by atoms with van der Waals surface area (Å²) in [6.45, 7) is 1.71. The third-order valence-corrected chi connectivity index (χ3v) is 4.82. The number of nitrogens with zero attached hydrogens (tertiary/aromatic N) is 2. The Morgan fingerprint density at radius 2 is 2.25 bits per heavy atom. The van der Waals surface area contributed by atoms with Crippen LogP contribution in [0.5, 0.6) is 5.88 Å². The Morgan fingerprint density at radius 1 is 1.40 bits per heavy atom. The monoisotopic (exact) mass is 277 g/mol. The van der Waals surface area contributed by atoms with Crippen LogP contribution in [0, 0.1) is 5.92 Å². The van der Waals surface area contributed by atoms with Crippen molar-refractivity contribution in [2.75, 3.05) is 30.8 Å². The van der Waals surface area contributed by atoms with E-state index >= 15 is 0 Å². The highest BCUT2D eigenvalue weighted by Gasteiger charge is 2.43. The molecule has 5 nitrogen and oxygen atoms in total. The standard InChI is InChI=1S/C15H23N3O2/c1-20-14-12(16)5-6-13(17-14)18-9-8-15(19)7-3-2-4-11(15)10-18/h5-6,11,19H,2-4,7-10,16H2,1H3. The van der Waals surface area contributed by atoms with Crippen molar-refractivity contribution < 1.29 is 9.84 Å². The van der Waals surface area contributed by atoms with Crippen LogP contribution in [0.4, 0.5) is 11.5 Å². The van der Waals surface area contributed by atoms with Gasteiger partial charge in [-0.15, -0.1) is 0 Å². The molecule has 20 heavy (non-hydrogen) atoms. The van der Waals surface area contributed by atoms with Crippen LogP contribution in [0.15, 0.2) is 12.1 Å². The van der Waals surface area contributed by atoms with Gasteiger partial charge in [0, 0.05) is 19.0 Å². The largest absolute Gasteiger partial charge is 0.479 e. The van der Waals surface area contributed by atoms with Gasteiger partial charge in [0.1, 0.15) is 5.82 Å². The summed E-state index contributed by atoms with van der Waals surface area (Å²) < 4.78 is 5.19. The lowest BCUT2D eigenvalue weighted by Crippen LogP contribution is -2.53. The fourth-order valence-corrected chi connectivity index (χ4v) is 3.56. The summed E-state index contributed by atoms with van der Waals surface area (Å²) in [4.78, 5) is 6.71. The molecule has 1 aromatic rings. The first-order valence-electron chi connectivity index (χ1n) is 7.40. The van der Waals surface area contributed by atoms with E-state index in [4.69, 9.17) is 10.5 Å². The third-order valence-electron chi connectivity index (χ3n) is 4.82. The minimum atomic E-state index is -0.452. The zero-order valence-corrected chi connectivity index (χ0v) is 12.0. The van der Waals surface area contributed by atoms with Gasteiger partial charge in [0.05, 0.1) is 18.4 Å². The Morgan fingerprint density at radius 3 is 3.05 bits per heavy atom. The van der Waals surface area contributed by atoms with Crippen LogP contribution in [0.2, 0.25) is 0 Å². The Kier molecular flexibility index (Phi) is 3.46. The Balaban J connectivity index is 1.79. The predicted octanol–water partition coefficient (Wildman–Crippen LogP) is 1.80. The Labute approximate surface area is 119 Å². The van der Waals surface area contributed by atoms with E-state index in [0.717, 1.165) is 44.6 Å². The maximum absolute atomic E-state index is 10.7. The lowest BCUT2D eigenvalue weighted by atomic mass is 9.71. The summed E-state index contributed by atoms with van der Waals surface area (Å²) in [6.07, 6.45) is 5.26. The number of hydrogen-bond acceptors (Lipinski definition) is 5. The van der Waals surface area contributed by atoms with Crippen molar-refractivity contribution in [3.63, 3.8) is 0 Å². The van der Waals surface area contributed by atoms with E-state index in [1.165, 1.54) is 6.42 Å². The quantitative estimate of drug-likeness (QED) is 0.862. The second kappa shape index (κ2) is 5.13. The maximum atomic E-state index is 10.7. The maximum Gasteiger partial charge on any atom is 0.238 e. The fraction of sp³-hybridized carbons (Fsp3) is 0.667. The molecule has 0 amide bonds. The minimum absolute atomic E-state index is 0.357. The molecule has 1 aliphatic carbocycles. The average molecular weight is 277 g/mol. The topological polar surface area (TPSA) is 71.6 Å². The first-order valence-corrected chi connectivity index (χ1v) is 7.40. The second-order valence-corrected chi connectivity index (χ2v) is 6.01. The summed E-state index contributed by atoms with van der Waals surface area (Å²) in [5.41, 5.74) is 5.92. The van der Waals surface area contributed by atoms with Gasteiger partial charge in [-0.05, 0) is 31.4 Å². The van der Waals surface area contributed by atoms with Crippen LogP contribution >= 0.6 is 0 Å². The molecule has 1 aliphatic heterocycles. The molecule has 0 radical (unpaired) electrons. The second-order valence-electron chi connectivity index (χ2n) is 6.01. The predicted molar refractivity (Wildman–Crippen MR) is 78.9 cm³/mol. The lowest BCUT2D eigenvalue weighted by molar-refractivity contribution is -0.0613. The SMILES string of the molecule is COc1nc(N2CCC3(O)CCCCC3C2)ccc1N. The van der Waals surface area contributed by atoms with Gasteiger partial charge in [-0.1, -0.05) is 12.8 Å². The van der Waals surface area contributed by atoms with E-state index in [1.807, 2.05) is 12.1 Å². The molecule has 2 fully saturated rings. The van der Waals surface area contributed by atoms with Crippen molar-refractivity contribution in [2.45, 2.75) is 37.7 Å². The van der Waals surface area contributed by atoms with E-state index in [-0.39, 0.29) is 0 Å². The molecule has 3 rings (SSSR count). The summed E-state index contributed by atoms with van der Waals surface area (Å²) in [5.74, 6) is 1.73. The third kappa shape index (κ3) is 2.30. The molecule has 2 atom stereocenters. The van der Waals surface area contributed by atoms with Crippen LogP contribution in [-0.2, 0) is 0 Å². The molecule has 2 unspecified atom stereocenters. The normalized spacial score (nSPS) is 29.9. The molecular formula is C15H23N3O2. The molecule has 0 spiro atoms. The number of aromatic nitrogens is 1. The number of nitrogen functional groups attached to an aromatic ring is 1. The summed E-state index contributed by atoms with van der Waals surface area (Å²) in [5, 5.41) is 10.7. The van der Waals surface area contributed by atoms with Gasteiger partial charge in [0.15, 0.2) is 0 Å². The van der Waals surface area contributed by atoms with Crippen molar-refractivity contribution >= 4 is 11.5 Å². The number of fused-ring (bicyclic) bond motifs is 1. The van der Waals surface area contributed by atoms with Gasteiger partial charge in [-0.25, -0.2) is 0 Å². The van der Waals surface area contributed by atoms with E-state index in [9.17, 15) is 5.11 Å². The number of piperidine rings is 1. The van der Waals surface area contributed by atoms with Gasteiger partial charge >= 0.3 is 0 Å². The number of rotatable bonds is 2. The van der Waals surface area contributed by atoms with Crippen LogP contribution in [0.1, 0.15) is 32.1 Å². The molecule has 2 heterocycles. The molecule has 1 saturated carbocycles. The molecule has 0 bridgehead atoms. The highest BCUT2D eigenvalue weighted by Crippen LogP contribution is 2.40. The molecule has 110 valence electrons. The van der Waals surface area contributed by atoms with Crippen molar-refractivity contribution in [3.05, 3.63) is 12.1 Å². The summed E-state index contributed by atoms with van der Waals surface area (Å²) in [7, 11) is 1.58. The van der Waals surface area contributed by atoms with Crippen molar-refractivity contribution in [2.24, 2.45) is 5.92 Å². The number of hydrogen-bond donors (Lipinski definition) is 2. The minimum Gasteiger partial charge on any atom is -0.479 e. The molecule has 0 aromatic carbocycles. The van der Waals surface area contributed by atoms with Gasteiger partial charge in [-0.2, -0.15) is 4.98 Å². The first kappa shape index (κ1) is 13.5. The number of pyridine rings is 1. The summed E-state index contributed by atoms with van der Waals surface area (Å²) in [6, 6.07) is 3.77. The van der Waals surface area contributed by atoms with Gasteiger partial charge in [0.2, 0.25) is 5.88 Å². The fourth-order valence-electron chi connectivity index (χ4n) is 3.56. The Bertz CT molecular complexity index is 494. The van der Waals surface area contributed by atoms with Crippen molar-refractivity contribution in [1.29, 1.82) is 0 Å².